The van der Waals surface area contributed by atoms with Gasteiger partial charge in [0.25, 0.3) is 0 Å². The van der Waals surface area contributed by atoms with Crippen molar-refractivity contribution in [3.8, 4) is 5.69 Å². The third-order valence-corrected chi connectivity index (χ3v) is 2.13. The Hall–Kier alpha value is -1.23. The predicted molar refractivity (Wildman–Crippen MR) is 51.3 cm³/mol. The summed E-state index contributed by atoms with van der Waals surface area (Å²) in [6, 6.07) is 7.68. The second-order valence-corrected chi connectivity index (χ2v) is 3.40. The standard InChI is InChI=1S/C8H6BrN4/c1-6-10-11-12-13(6)8-4-2-7(9)3-5-8/h2-5H,1H2. The van der Waals surface area contributed by atoms with Gasteiger partial charge in [0.05, 0.1) is 5.69 Å². The van der Waals surface area contributed by atoms with E-state index in [1.54, 1.807) is 4.68 Å². The Morgan fingerprint density at radius 1 is 1.23 bits per heavy atom. The number of tetrazole rings is 1. The van der Waals surface area contributed by atoms with Crippen LogP contribution in [0.1, 0.15) is 5.82 Å². The van der Waals surface area contributed by atoms with Crippen molar-refractivity contribution in [2.45, 2.75) is 0 Å². The Kier molecular flexibility index (Phi) is 2.10. The van der Waals surface area contributed by atoms with Crippen LogP contribution in [0, 0.1) is 6.92 Å². The maximum atomic E-state index is 3.79. The summed E-state index contributed by atoms with van der Waals surface area (Å²) >= 11 is 3.35. The van der Waals surface area contributed by atoms with Gasteiger partial charge in [-0.3, -0.25) is 0 Å². The molecule has 0 aliphatic heterocycles. The largest absolute Gasteiger partial charge is 0.197 e. The predicted octanol–water partition coefficient (Wildman–Crippen LogP) is 1.61. The molecule has 0 bridgehead atoms. The van der Waals surface area contributed by atoms with Crippen molar-refractivity contribution in [3.63, 3.8) is 0 Å². The molecule has 0 fully saturated rings. The van der Waals surface area contributed by atoms with Gasteiger partial charge >= 0.3 is 0 Å². The van der Waals surface area contributed by atoms with Gasteiger partial charge in [-0.15, -0.1) is 5.10 Å². The molecule has 0 saturated heterocycles. The van der Waals surface area contributed by atoms with Gasteiger partial charge in [-0.1, -0.05) is 15.9 Å². The van der Waals surface area contributed by atoms with Gasteiger partial charge in [0.1, 0.15) is 0 Å². The molecule has 5 heteroatoms. The molecular weight excluding hydrogens is 232 g/mol. The normalized spacial score (nSPS) is 10.3. The number of hydrogen-bond donors (Lipinski definition) is 0. The van der Waals surface area contributed by atoms with Gasteiger partial charge in [-0.05, 0) is 34.7 Å². The molecule has 0 N–H and O–H groups in total. The Balaban J connectivity index is 2.47. The molecule has 65 valence electrons. The minimum Gasteiger partial charge on any atom is -0.197 e. The van der Waals surface area contributed by atoms with Crippen LogP contribution < -0.4 is 0 Å². The summed E-state index contributed by atoms with van der Waals surface area (Å²) in [6.07, 6.45) is 0. The zero-order chi connectivity index (χ0) is 9.26. The number of halogens is 1. The molecule has 0 atom stereocenters. The molecule has 2 rings (SSSR count). The van der Waals surface area contributed by atoms with E-state index >= 15 is 0 Å². The minimum atomic E-state index is 0.530. The molecule has 4 nitrogen and oxygen atoms in total. The van der Waals surface area contributed by atoms with Crippen molar-refractivity contribution in [2.24, 2.45) is 0 Å². The van der Waals surface area contributed by atoms with E-state index in [2.05, 4.69) is 38.4 Å². The van der Waals surface area contributed by atoms with Crippen molar-refractivity contribution in [3.05, 3.63) is 41.5 Å². The lowest BCUT2D eigenvalue weighted by molar-refractivity contribution is 0.784. The molecular formula is C8H6BrN4. The Bertz CT molecular complexity index is 406. The van der Waals surface area contributed by atoms with E-state index in [0.717, 1.165) is 10.2 Å². The van der Waals surface area contributed by atoms with Gasteiger partial charge < -0.3 is 0 Å². The molecule has 13 heavy (non-hydrogen) atoms. The first-order valence-electron chi connectivity index (χ1n) is 3.63. The average molecular weight is 238 g/mol. The molecule has 2 aromatic rings. The van der Waals surface area contributed by atoms with Crippen LogP contribution in [0.15, 0.2) is 28.7 Å². The fraction of sp³-hybridized carbons (Fsp3) is 0. The quantitative estimate of drug-likeness (QED) is 0.757. The van der Waals surface area contributed by atoms with E-state index in [-0.39, 0.29) is 0 Å². The van der Waals surface area contributed by atoms with E-state index in [4.69, 9.17) is 0 Å². The molecule has 1 radical (unpaired) electrons. The second kappa shape index (κ2) is 3.26. The molecule has 0 unspecified atom stereocenters. The third-order valence-electron chi connectivity index (χ3n) is 1.61. The van der Waals surface area contributed by atoms with Crippen LogP contribution in [0.2, 0.25) is 0 Å². The van der Waals surface area contributed by atoms with Crippen LogP contribution in [0.3, 0.4) is 0 Å². The minimum absolute atomic E-state index is 0.530. The summed E-state index contributed by atoms with van der Waals surface area (Å²) in [7, 11) is 0. The highest BCUT2D eigenvalue weighted by atomic mass is 79.9. The number of hydrogen-bond acceptors (Lipinski definition) is 3. The molecule has 0 aliphatic carbocycles. The highest BCUT2D eigenvalue weighted by molar-refractivity contribution is 9.10. The van der Waals surface area contributed by atoms with Gasteiger partial charge in [-0.25, -0.2) is 0 Å². The van der Waals surface area contributed by atoms with Crippen molar-refractivity contribution in [1.29, 1.82) is 0 Å². The van der Waals surface area contributed by atoms with Crippen molar-refractivity contribution in [1.82, 2.24) is 20.2 Å². The van der Waals surface area contributed by atoms with E-state index < -0.39 is 0 Å². The molecule has 1 heterocycles. The Morgan fingerprint density at radius 2 is 1.92 bits per heavy atom. The number of nitrogens with zero attached hydrogens (tertiary/aromatic N) is 4. The summed E-state index contributed by atoms with van der Waals surface area (Å²) < 4.78 is 2.60. The summed E-state index contributed by atoms with van der Waals surface area (Å²) in [6.45, 7) is 3.69. The van der Waals surface area contributed by atoms with Gasteiger partial charge in [0.15, 0.2) is 5.82 Å². The Morgan fingerprint density at radius 3 is 2.46 bits per heavy atom. The first-order chi connectivity index (χ1) is 6.27. The SMILES string of the molecule is [CH2]c1nnnn1-c1ccc(Br)cc1. The van der Waals surface area contributed by atoms with Crippen molar-refractivity contribution >= 4 is 15.9 Å². The first kappa shape index (κ1) is 8.37. The van der Waals surface area contributed by atoms with Crippen LogP contribution in [0.4, 0.5) is 0 Å². The average Bonchev–Trinajstić information content (AvgIpc) is 2.53. The second-order valence-electron chi connectivity index (χ2n) is 2.48. The highest BCUT2D eigenvalue weighted by Crippen LogP contribution is 2.13. The molecule has 0 saturated carbocycles. The summed E-state index contributed by atoms with van der Waals surface area (Å²) in [4.78, 5) is 0. The molecule has 1 aromatic carbocycles. The van der Waals surface area contributed by atoms with Crippen LogP contribution in [-0.4, -0.2) is 20.2 Å². The van der Waals surface area contributed by atoms with Gasteiger partial charge in [-0.2, -0.15) is 4.68 Å². The van der Waals surface area contributed by atoms with E-state index in [1.165, 1.54) is 0 Å². The molecule has 1 aromatic heterocycles. The van der Waals surface area contributed by atoms with Gasteiger partial charge in [0, 0.05) is 11.4 Å². The number of rotatable bonds is 1. The van der Waals surface area contributed by atoms with Crippen LogP contribution >= 0.6 is 15.9 Å². The highest BCUT2D eigenvalue weighted by Gasteiger charge is 2.01. The fourth-order valence-corrected chi connectivity index (χ4v) is 1.25. The van der Waals surface area contributed by atoms with E-state index in [0.29, 0.717) is 5.82 Å². The molecule has 0 aliphatic rings. The summed E-state index contributed by atoms with van der Waals surface area (Å²) in [5.41, 5.74) is 0.901. The zero-order valence-electron chi connectivity index (χ0n) is 6.68. The van der Waals surface area contributed by atoms with Crippen molar-refractivity contribution < 1.29 is 0 Å². The maximum absolute atomic E-state index is 3.79. The molecule has 0 amide bonds. The smallest absolute Gasteiger partial charge is 0.157 e. The zero-order valence-corrected chi connectivity index (χ0v) is 8.27. The molecule has 0 spiro atoms. The maximum Gasteiger partial charge on any atom is 0.157 e. The summed E-state index contributed by atoms with van der Waals surface area (Å²) in [5, 5.41) is 11.0. The lowest BCUT2D eigenvalue weighted by Crippen LogP contribution is -1.98. The van der Waals surface area contributed by atoms with E-state index in [1.807, 2.05) is 24.3 Å². The van der Waals surface area contributed by atoms with Crippen LogP contribution in [-0.2, 0) is 0 Å². The summed E-state index contributed by atoms with van der Waals surface area (Å²) in [5.74, 6) is 0.530. The first-order valence-corrected chi connectivity index (χ1v) is 4.43. The lowest BCUT2D eigenvalue weighted by atomic mass is 10.3. The topological polar surface area (TPSA) is 43.6 Å². The third kappa shape index (κ3) is 1.60. The monoisotopic (exact) mass is 237 g/mol. The van der Waals surface area contributed by atoms with Gasteiger partial charge in [0.2, 0.25) is 0 Å². The van der Waals surface area contributed by atoms with Crippen LogP contribution in [0.5, 0.6) is 0 Å². The lowest BCUT2D eigenvalue weighted by Gasteiger charge is -2.00. The number of aromatic nitrogens is 4. The van der Waals surface area contributed by atoms with Crippen molar-refractivity contribution in [2.75, 3.05) is 0 Å². The fourth-order valence-electron chi connectivity index (χ4n) is 0.989. The number of benzene rings is 1. The Labute approximate surface area is 83.7 Å². The van der Waals surface area contributed by atoms with Crippen LogP contribution in [0.25, 0.3) is 5.69 Å². The van der Waals surface area contributed by atoms with E-state index in [9.17, 15) is 0 Å².